The van der Waals surface area contributed by atoms with Gasteiger partial charge in [0, 0.05) is 61.0 Å². The van der Waals surface area contributed by atoms with Gasteiger partial charge in [0.15, 0.2) is 12.6 Å². The lowest BCUT2D eigenvalue weighted by atomic mass is 9.73. The number of methoxy groups -OCH3 is 1. The van der Waals surface area contributed by atoms with Crippen molar-refractivity contribution in [2.75, 3.05) is 40.0 Å². The molecular weight excluding hydrogens is 1060 g/mol. The number of aliphatic hydroxyl groups excluding tert-OH is 2. The molecule has 0 spiro atoms. The molecule has 0 unspecified atom stereocenters. The normalized spacial score (nSPS) is 38.1. The summed E-state index contributed by atoms with van der Waals surface area (Å²) in [6, 6.07) is 3.24. The van der Waals surface area contributed by atoms with Crippen LogP contribution in [-0.2, 0) is 71.0 Å². The minimum Gasteiger partial charge on any atom is -0.477 e. The first kappa shape index (κ1) is 65.4. The molecule has 23 nitrogen and oxygen atoms in total. The van der Waals surface area contributed by atoms with Crippen molar-refractivity contribution in [3.05, 3.63) is 45.2 Å². The van der Waals surface area contributed by atoms with E-state index in [0.29, 0.717) is 31.3 Å². The summed E-state index contributed by atoms with van der Waals surface area (Å²) >= 11 is 0. The zero-order valence-corrected chi connectivity index (χ0v) is 50.0. The Bertz CT molecular complexity index is 2700. The number of carboxylic acid groups (broad SMARTS) is 1. The van der Waals surface area contributed by atoms with Crippen molar-refractivity contribution >= 4 is 38.7 Å². The van der Waals surface area contributed by atoms with Crippen molar-refractivity contribution in [2.24, 2.45) is 28.8 Å². The molecule has 80 heavy (non-hydrogen) atoms. The average Bonchev–Trinajstić information content (AvgIpc) is 3.45. The second-order valence-electron chi connectivity index (χ2n) is 24.2. The number of aromatic carboxylic acids is 1. The number of aliphatic hydroxyl groups is 4. The Balaban J connectivity index is 1.20. The number of carbonyl (C=O) groups excluding carboxylic acids is 1. The molecule has 4 aliphatic rings. The Labute approximate surface area is 470 Å². The zero-order valence-electron chi connectivity index (χ0n) is 49.2. The number of rotatable bonds is 17. The molecule has 0 radical (unpaired) electrons. The van der Waals surface area contributed by atoms with E-state index in [2.05, 4.69) is 10.5 Å². The van der Waals surface area contributed by atoms with Gasteiger partial charge >= 0.3 is 11.9 Å². The fourth-order valence-electron chi connectivity index (χ4n) is 12.5. The highest BCUT2D eigenvalue weighted by atomic mass is 32.2. The van der Waals surface area contributed by atoms with Crippen LogP contribution in [0.2, 0.25) is 0 Å². The van der Waals surface area contributed by atoms with Gasteiger partial charge in [-0.1, -0.05) is 38.9 Å². The summed E-state index contributed by atoms with van der Waals surface area (Å²) in [4.78, 5) is 41.7. The van der Waals surface area contributed by atoms with Gasteiger partial charge in [-0.05, 0) is 120 Å². The fraction of sp³-hybridized carbons (Fsp3) is 0.786. The molecule has 2 aromatic rings. The van der Waals surface area contributed by atoms with E-state index in [9.17, 15) is 53.5 Å². The molecule has 1 aromatic heterocycles. The molecule has 3 fully saturated rings. The summed E-state index contributed by atoms with van der Waals surface area (Å²) in [7, 11) is 0.806. The number of likely N-dealkylation sites (N-methyl/N-ethyl adjacent to an activating group) is 1. The van der Waals surface area contributed by atoms with Gasteiger partial charge in [0.1, 0.15) is 35.2 Å². The molecule has 18 atom stereocenters. The SMILES string of the molecule is CC[C@H]1OC(=O)[C@H](C)[C@@H](O[C@H]2C[C@@](C)(OC)[C@@H](OS(=O)(=O)CCNCCCc3cc4c5c(c3)c(=O)c(C(=O)O)cn5C(C)(C)OC4)[C@H](C)O2)[C@H](C)[C@@H](O[C@@H]2O[C@H](C)C[C@H](N(C)C)[C@H]2O)[C@](C)(O)C[C@@H](C)/C(=N\O)[C@@H](C)[C@@H](O)[C@]1(C)O. The van der Waals surface area contributed by atoms with Gasteiger partial charge in [0.2, 0.25) is 5.43 Å². The standard InChI is InChI=1S/C56H90N4O19S/c1-16-40-56(12,68)47(63)31(4)42(58-69)29(2)25-54(10,67)48(78-52-45(62)39(59(13)14)22-30(3)74-52)32(5)46(33(6)51(66)76-40)77-41-26-55(11,72-15)49(34(7)75-41)79-80(70,71)21-20-57-19-17-18-35-23-36-28-73-53(8,9)60-27-38(50(64)65)44(61)37(24-35)43(36)60/h23-24,27,29-34,39-41,45-49,52,57,62-63,67-69H,16-22,25-26,28H2,1-15H3,(H,64,65)/b58-42+/t29-,30-,31-,32+,33-,34+,39+,40-,41+,45-,46+,47-,48-,49+,52+,54-,55-,56-/m1/s1. The van der Waals surface area contributed by atoms with Crippen molar-refractivity contribution in [3.8, 4) is 0 Å². The van der Waals surface area contributed by atoms with Crippen LogP contribution in [-0.4, -0.2) is 191 Å². The van der Waals surface area contributed by atoms with Gasteiger partial charge in [-0.3, -0.25) is 13.8 Å². The molecule has 7 N–H and O–H groups in total. The average molecular weight is 1160 g/mol. The van der Waals surface area contributed by atoms with Gasteiger partial charge in [-0.2, -0.15) is 8.42 Å². The second kappa shape index (κ2) is 25.6. The van der Waals surface area contributed by atoms with Gasteiger partial charge in [-0.25, -0.2) is 4.79 Å². The van der Waals surface area contributed by atoms with Crippen LogP contribution in [0.15, 0.2) is 28.3 Å². The molecule has 4 aliphatic heterocycles. The number of cyclic esters (lactones) is 1. The van der Waals surface area contributed by atoms with Crippen LogP contribution in [0, 0.1) is 23.7 Å². The minimum absolute atomic E-state index is 0.0235. The van der Waals surface area contributed by atoms with Crippen molar-refractivity contribution in [3.63, 3.8) is 0 Å². The maximum absolute atomic E-state index is 14.6. The number of aryl methyl sites for hydroxylation is 1. The zero-order chi connectivity index (χ0) is 59.8. The number of esters is 1. The lowest BCUT2D eigenvalue weighted by molar-refractivity contribution is -0.316. The molecule has 24 heteroatoms. The van der Waals surface area contributed by atoms with E-state index >= 15 is 0 Å². The van der Waals surface area contributed by atoms with Gasteiger partial charge in [-0.15, -0.1) is 0 Å². The quantitative estimate of drug-likeness (QED) is 0.0389. The molecule has 0 saturated carbocycles. The topological polar surface area (TPSA) is 313 Å². The van der Waals surface area contributed by atoms with E-state index < -0.39 is 141 Å². The Morgan fingerprint density at radius 2 is 1.62 bits per heavy atom. The summed E-state index contributed by atoms with van der Waals surface area (Å²) < 4.78 is 79.4. The van der Waals surface area contributed by atoms with Crippen molar-refractivity contribution < 1.29 is 86.1 Å². The maximum Gasteiger partial charge on any atom is 0.341 e. The summed E-state index contributed by atoms with van der Waals surface area (Å²) in [6.07, 6.45) is -9.03. The smallest absolute Gasteiger partial charge is 0.341 e. The summed E-state index contributed by atoms with van der Waals surface area (Å²) in [5.41, 5.74) is -4.89. The van der Waals surface area contributed by atoms with Crippen LogP contribution < -0.4 is 10.7 Å². The Kier molecular flexibility index (Phi) is 21.0. The number of ether oxygens (including phenoxy) is 7. The van der Waals surface area contributed by atoms with Crippen LogP contribution in [0.3, 0.4) is 0 Å². The molecule has 5 heterocycles. The number of pyridine rings is 1. The number of oxime groups is 1. The first-order valence-electron chi connectivity index (χ1n) is 27.9. The molecule has 0 bridgehead atoms. The van der Waals surface area contributed by atoms with Gasteiger partial charge in [0.25, 0.3) is 10.1 Å². The Hall–Kier alpha value is -3.73. The van der Waals surface area contributed by atoms with E-state index in [0.717, 1.165) is 11.1 Å². The van der Waals surface area contributed by atoms with Crippen molar-refractivity contribution in [2.45, 2.75) is 218 Å². The molecule has 3 saturated heterocycles. The lowest BCUT2D eigenvalue weighted by Gasteiger charge is -2.49. The van der Waals surface area contributed by atoms with Crippen LogP contribution in [0.25, 0.3) is 10.9 Å². The maximum atomic E-state index is 14.6. The highest BCUT2D eigenvalue weighted by Crippen LogP contribution is 2.42. The summed E-state index contributed by atoms with van der Waals surface area (Å²) in [5.74, 6) is -6.52. The van der Waals surface area contributed by atoms with Gasteiger partial charge in [0.05, 0.1) is 71.2 Å². The predicted octanol–water partition coefficient (Wildman–Crippen LogP) is 3.86. The third-order valence-corrected chi connectivity index (χ3v) is 18.4. The molecule has 1 aromatic carbocycles. The van der Waals surface area contributed by atoms with Crippen LogP contribution >= 0.6 is 0 Å². The van der Waals surface area contributed by atoms with E-state index in [4.69, 9.17) is 37.3 Å². The number of carbonyl (C=O) groups is 2. The van der Waals surface area contributed by atoms with Crippen LogP contribution in [0.1, 0.15) is 137 Å². The number of hydrogen-bond acceptors (Lipinski definition) is 21. The van der Waals surface area contributed by atoms with Crippen LogP contribution in [0.4, 0.5) is 0 Å². The Morgan fingerprint density at radius 3 is 2.24 bits per heavy atom. The number of carboxylic acids is 1. The monoisotopic (exact) mass is 1150 g/mol. The second-order valence-corrected chi connectivity index (χ2v) is 25.9. The number of nitrogens with zero attached hydrogens (tertiary/aromatic N) is 3. The summed E-state index contributed by atoms with van der Waals surface area (Å²) in [5, 5.41) is 75.3. The van der Waals surface area contributed by atoms with Gasteiger partial charge < -0.3 is 78.7 Å². The molecule has 454 valence electrons. The number of aromatic nitrogens is 1. The fourth-order valence-corrected chi connectivity index (χ4v) is 13.7. The lowest BCUT2D eigenvalue weighted by Crippen LogP contribution is -2.61. The van der Waals surface area contributed by atoms with E-state index in [1.165, 1.54) is 27.2 Å². The van der Waals surface area contributed by atoms with Crippen molar-refractivity contribution in [1.29, 1.82) is 0 Å². The third kappa shape index (κ3) is 14.1. The number of hydrogen-bond donors (Lipinski definition) is 7. The Morgan fingerprint density at radius 1 is 0.950 bits per heavy atom. The van der Waals surface area contributed by atoms with E-state index in [1.54, 1.807) is 72.9 Å². The van der Waals surface area contributed by atoms with Crippen molar-refractivity contribution in [1.82, 2.24) is 14.8 Å². The molecule has 0 amide bonds. The van der Waals surface area contributed by atoms with E-state index in [-0.39, 0.29) is 55.2 Å². The number of benzene rings is 1. The van der Waals surface area contributed by atoms with Crippen LogP contribution in [0.5, 0.6) is 0 Å². The minimum atomic E-state index is -4.24. The first-order valence-corrected chi connectivity index (χ1v) is 29.5. The molecular formula is C56H90N4O19S. The largest absolute Gasteiger partial charge is 0.477 e. The third-order valence-electron chi connectivity index (χ3n) is 17.2. The van der Waals surface area contributed by atoms with E-state index in [1.807, 2.05) is 32.0 Å². The predicted molar refractivity (Wildman–Crippen MR) is 294 cm³/mol. The number of nitrogens with one attached hydrogen (secondary N) is 1. The highest BCUT2D eigenvalue weighted by molar-refractivity contribution is 7.86. The molecule has 6 rings (SSSR count). The summed E-state index contributed by atoms with van der Waals surface area (Å²) in [6.45, 7) is 20.4. The highest BCUT2D eigenvalue weighted by Gasteiger charge is 2.54. The first-order chi connectivity index (χ1) is 37.1. The molecule has 0 aliphatic carbocycles.